The van der Waals surface area contributed by atoms with Gasteiger partial charge in [0.05, 0.1) is 0 Å². The van der Waals surface area contributed by atoms with Gasteiger partial charge in [-0.05, 0) is 18.1 Å². The molecule has 0 heterocycles. The van der Waals surface area contributed by atoms with Gasteiger partial charge in [0.2, 0.25) is 0 Å². The number of hydrogen-bond acceptors (Lipinski definition) is 2. The Morgan fingerprint density at radius 1 is 1.42 bits per heavy atom. The van der Waals surface area contributed by atoms with Crippen LogP contribution in [0.15, 0.2) is 29.3 Å². The summed E-state index contributed by atoms with van der Waals surface area (Å²) in [6.45, 7) is 4.50. The Labute approximate surface area is 109 Å². The van der Waals surface area contributed by atoms with E-state index in [9.17, 15) is 13.2 Å². The van der Waals surface area contributed by atoms with Crippen LogP contribution in [0, 0.1) is 5.92 Å². The summed E-state index contributed by atoms with van der Waals surface area (Å²) < 4.78 is 40.0. The third-order valence-electron chi connectivity index (χ3n) is 1.97. The molecule has 0 spiro atoms. The topological polar surface area (TPSA) is 59.6 Å². The molecule has 0 aromatic heterocycles. The zero-order valence-corrected chi connectivity index (χ0v) is 10.7. The molecule has 0 saturated carbocycles. The molecule has 0 amide bonds. The number of ether oxygens (including phenoxy) is 1. The molecule has 0 fully saturated rings. The van der Waals surface area contributed by atoms with Gasteiger partial charge in [-0.25, -0.2) is 0 Å². The normalized spacial score (nSPS) is 12.6. The van der Waals surface area contributed by atoms with Crippen molar-refractivity contribution in [1.29, 1.82) is 0 Å². The highest BCUT2D eigenvalue weighted by Gasteiger charge is 2.31. The maximum absolute atomic E-state index is 12.1. The van der Waals surface area contributed by atoms with Gasteiger partial charge in [-0.15, -0.1) is 13.2 Å². The molecule has 0 saturated heterocycles. The van der Waals surface area contributed by atoms with Crippen LogP contribution in [0.5, 0.6) is 5.75 Å². The Morgan fingerprint density at radius 2 is 2.11 bits per heavy atom. The van der Waals surface area contributed by atoms with Gasteiger partial charge >= 0.3 is 6.36 Å². The number of halogens is 3. The number of nitrogens with zero attached hydrogens (tertiary/aromatic N) is 1. The van der Waals surface area contributed by atoms with E-state index in [0.717, 1.165) is 0 Å². The van der Waals surface area contributed by atoms with E-state index in [1.165, 1.54) is 18.2 Å². The second-order valence-electron chi connectivity index (χ2n) is 4.32. The summed E-state index contributed by atoms with van der Waals surface area (Å²) in [6, 6.07) is 5.41. The minimum atomic E-state index is -4.71. The number of benzene rings is 1. The maximum Gasteiger partial charge on any atom is 0.573 e. The first-order chi connectivity index (χ1) is 8.76. The lowest BCUT2D eigenvalue weighted by atomic mass is 10.2. The number of guanidine groups is 1. The number of nitrogens with two attached hydrogens (primary N) is 1. The quantitative estimate of drug-likeness (QED) is 0.656. The molecule has 4 nitrogen and oxygen atoms in total. The van der Waals surface area contributed by atoms with E-state index in [-0.39, 0.29) is 11.7 Å². The summed E-state index contributed by atoms with van der Waals surface area (Å²) in [7, 11) is 0. The van der Waals surface area contributed by atoms with Crippen LogP contribution in [0.25, 0.3) is 0 Å². The monoisotopic (exact) mass is 275 g/mol. The van der Waals surface area contributed by atoms with Crippen molar-refractivity contribution >= 4 is 11.6 Å². The van der Waals surface area contributed by atoms with Crippen LogP contribution in [0.1, 0.15) is 13.8 Å². The van der Waals surface area contributed by atoms with Gasteiger partial charge in [0.25, 0.3) is 0 Å². The third kappa shape index (κ3) is 6.54. The van der Waals surface area contributed by atoms with Crippen molar-refractivity contribution in [3.8, 4) is 5.75 Å². The molecule has 1 aromatic carbocycles. The minimum absolute atomic E-state index is 0.151. The second-order valence-corrected chi connectivity index (χ2v) is 4.32. The van der Waals surface area contributed by atoms with E-state index < -0.39 is 6.36 Å². The van der Waals surface area contributed by atoms with Gasteiger partial charge in [0.1, 0.15) is 5.75 Å². The molecule has 7 heteroatoms. The Bertz CT molecular complexity index is 444. The SMILES string of the molecule is CC(C)CN=C(N)Nc1cccc(OC(F)(F)F)c1. The summed E-state index contributed by atoms with van der Waals surface area (Å²) in [5, 5.41) is 2.70. The molecule has 3 N–H and O–H groups in total. The standard InChI is InChI=1S/C12H16F3N3O/c1-8(2)7-17-11(16)18-9-4-3-5-10(6-9)19-12(13,14)15/h3-6,8H,7H2,1-2H3,(H3,16,17,18). The van der Waals surface area contributed by atoms with Gasteiger partial charge < -0.3 is 15.8 Å². The molecular formula is C12H16F3N3O. The van der Waals surface area contributed by atoms with Crippen LogP contribution in [-0.4, -0.2) is 18.9 Å². The fourth-order valence-electron chi connectivity index (χ4n) is 1.24. The molecular weight excluding hydrogens is 259 g/mol. The Hall–Kier alpha value is -1.92. The molecule has 19 heavy (non-hydrogen) atoms. The van der Waals surface area contributed by atoms with E-state index in [2.05, 4.69) is 15.0 Å². The Balaban J connectivity index is 2.69. The van der Waals surface area contributed by atoms with Crippen LogP contribution in [0.2, 0.25) is 0 Å². The molecule has 0 radical (unpaired) electrons. The van der Waals surface area contributed by atoms with Gasteiger partial charge in [-0.2, -0.15) is 0 Å². The van der Waals surface area contributed by atoms with Crippen LogP contribution in [0.4, 0.5) is 18.9 Å². The molecule has 0 aliphatic heterocycles. The lowest BCUT2D eigenvalue weighted by Crippen LogP contribution is -2.23. The Kier molecular flexibility index (Phi) is 5.02. The van der Waals surface area contributed by atoms with E-state index in [0.29, 0.717) is 18.2 Å². The van der Waals surface area contributed by atoms with Crippen molar-refractivity contribution in [1.82, 2.24) is 0 Å². The average molecular weight is 275 g/mol. The second kappa shape index (κ2) is 6.31. The van der Waals surface area contributed by atoms with Crippen molar-refractivity contribution < 1.29 is 17.9 Å². The molecule has 0 atom stereocenters. The van der Waals surface area contributed by atoms with Gasteiger partial charge in [-0.1, -0.05) is 19.9 Å². The molecule has 0 aliphatic rings. The zero-order valence-electron chi connectivity index (χ0n) is 10.7. The van der Waals surface area contributed by atoms with Gasteiger partial charge in [-0.3, -0.25) is 4.99 Å². The lowest BCUT2D eigenvalue weighted by Gasteiger charge is -2.11. The summed E-state index contributed by atoms with van der Waals surface area (Å²) in [4.78, 5) is 4.04. The molecule has 0 bridgehead atoms. The fraction of sp³-hybridized carbons (Fsp3) is 0.417. The van der Waals surface area contributed by atoms with Crippen LogP contribution in [-0.2, 0) is 0 Å². The number of anilines is 1. The first-order valence-electron chi connectivity index (χ1n) is 5.69. The number of rotatable bonds is 4. The summed E-state index contributed by atoms with van der Waals surface area (Å²) in [5.74, 6) is 0.187. The van der Waals surface area contributed by atoms with Crippen molar-refractivity contribution in [2.75, 3.05) is 11.9 Å². The Morgan fingerprint density at radius 3 is 2.68 bits per heavy atom. The number of aliphatic imine (C=N–C) groups is 1. The molecule has 0 aliphatic carbocycles. The smallest absolute Gasteiger partial charge is 0.406 e. The third-order valence-corrected chi connectivity index (χ3v) is 1.97. The van der Waals surface area contributed by atoms with Crippen molar-refractivity contribution in [3.63, 3.8) is 0 Å². The maximum atomic E-state index is 12.1. The molecule has 106 valence electrons. The van der Waals surface area contributed by atoms with Gasteiger partial charge in [0, 0.05) is 18.3 Å². The highest BCUT2D eigenvalue weighted by Crippen LogP contribution is 2.24. The van der Waals surface area contributed by atoms with Crippen molar-refractivity contribution in [2.45, 2.75) is 20.2 Å². The van der Waals surface area contributed by atoms with Gasteiger partial charge in [0.15, 0.2) is 5.96 Å². The van der Waals surface area contributed by atoms with Crippen LogP contribution < -0.4 is 15.8 Å². The van der Waals surface area contributed by atoms with Crippen molar-refractivity contribution in [2.24, 2.45) is 16.6 Å². The first kappa shape index (κ1) is 15.1. The molecule has 1 aromatic rings. The predicted octanol–water partition coefficient (Wildman–Crippen LogP) is 2.97. The van der Waals surface area contributed by atoms with Crippen LogP contribution >= 0.6 is 0 Å². The van der Waals surface area contributed by atoms with E-state index in [1.54, 1.807) is 6.07 Å². The van der Waals surface area contributed by atoms with E-state index >= 15 is 0 Å². The minimum Gasteiger partial charge on any atom is -0.406 e. The van der Waals surface area contributed by atoms with Crippen LogP contribution in [0.3, 0.4) is 0 Å². The number of nitrogens with one attached hydrogen (secondary N) is 1. The van der Waals surface area contributed by atoms with E-state index in [4.69, 9.17) is 5.73 Å². The first-order valence-corrected chi connectivity index (χ1v) is 5.69. The predicted molar refractivity (Wildman–Crippen MR) is 68.1 cm³/mol. The highest BCUT2D eigenvalue weighted by atomic mass is 19.4. The molecule has 1 rings (SSSR count). The molecule has 0 unspecified atom stereocenters. The summed E-state index contributed by atoms with van der Waals surface area (Å²) >= 11 is 0. The largest absolute Gasteiger partial charge is 0.573 e. The zero-order chi connectivity index (χ0) is 14.5. The number of alkyl halides is 3. The average Bonchev–Trinajstić information content (AvgIpc) is 2.24. The fourth-order valence-corrected chi connectivity index (χ4v) is 1.24. The number of hydrogen-bond donors (Lipinski definition) is 2. The van der Waals surface area contributed by atoms with Crippen molar-refractivity contribution in [3.05, 3.63) is 24.3 Å². The lowest BCUT2D eigenvalue weighted by molar-refractivity contribution is -0.274. The summed E-state index contributed by atoms with van der Waals surface area (Å²) in [5.41, 5.74) is 5.99. The highest BCUT2D eigenvalue weighted by molar-refractivity contribution is 5.92. The summed E-state index contributed by atoms with van der Waals surface area (Å²) in [6.07, 6.45) is -4.71. The van der Waals surface area contributed by atoms with E-state index in [1.807, 2.05) is 13.8 Å².